The van der Waals surface area contributed by atoms with E-state index in [4.69, 9.17) is 0 Å². The molecule has 7 heteroatoms. The molecule has 1 N–H and O–H groups in total. The quantitative estimate of drug-likeness (QED) is 0.711. The molecule has 3 rings (SSSR count). The summed E-state index contributed by atoms with van der Waals surface area (Å²) in [6, 6.07) is 4.12. The van der Waals surface area contributed by atoms with Crippen molar-refractivity contribution in [3.63, 3.8) is 0 Å². The summed E-state index contributed by atoms with van der Waals surface area (Å²) in [4.78, 5) is 17.8. The average Bonchev–Trinajstić information content (AvgIpc) is 3.08. The third kappa shape index (κ3) is 2.50. The maximum Gasteiger partial charge on any atom is 0.264 e. The van der Waals surface area contributed by atoms with Gasteiger partial charge in [0.15, 0.2) is 5.65 Å². The molecule has 3 aromatic heterocycles. The van der Waals surface area contributed by atoms with Crippen LogP contribution >= 0.6 is 11.3 Å². The molecule has 104 valence electrons. The summed E-state index contributed by atoms with van der Waals surface area (Å²) in [7, 11) is 1.78. The summed E-state index contributed by atoms with van der Waals surface area (Å²) in [5.41, 5.74) is 0.582. The van der Waals surface area contributed by atoms with E-state index in [0.29, 0.717) is 17.6 Å². The summed E-state index contributed by atoms with van der Waals surface area (Å²) in [5.74, 6) is 0. The SMILES string of the molecule is Cn1ncc2c(=O)n(CCNCc3cccs3)cnc21. The number of aromatic nitrogens is 4. The van der Waals surface area contributed by atoms with Crippen LogP contribution in [0.4, 0.5) is 0 Å². The van der Waals surface area contributed by atoms with E-state index in [2.05, 4.69) is 26.8 Å². The Kier molecular flexibility index (Phi) is 3.62. The summed E-state index contributed by atoms with van der Waals surface area (Å²) in [6.07, 6.45) is 3.15. The number of nitrogens with one attached hydrogen (secondary N) is 1. The minimum Gasteiger partial charge on any atom is -0.310 e. The summed E-state index contributed by atoms with van der Waals surface area (Å²) < 4.78 is 3.22. The first-order valence-electron chi connectivity index (χ1n) is 6.36. The van der Waals surface area contributed by atoms with Crippen LogP contribution in [0, 0.1) is 0 Å². The number of hydrogen-bond acceptors (Lipinski definition) is 5. The van der Waals surface area contributed by atoms with Crippen molar-refractivity contribution < 1.29 is 0 Å². The van der Waals surface area contributed by atoms with Gasteiger partial charge in [-0.3, -0.25) is 14.0 Å². The zero-order valence-electron chi connectivity index (χ0n) is 11.1. The molecule has 0 spiro atoms. The fourth-order valence-electron chi connectivity index (χ4n) is 2.05. The maximum absolute atomic E-state index is 12.2. The van der Waals surface area contributed by atoms with Crippen molar-refractivity contribution in [2.24, 2.45) is 7.05 Å². The minimum atomic E-state index is -0.0407. The highest BCUT2D eigenvalue weighted by atomic mass is 32.1. The molecule has 0 saturated carbocycles. The molecule has 0 aliphatic heterocycles. The third-order valence-electron chi connectivity index (χ3n) is 3.13. The Morgan fingerprint density at radius 3 is 3.15 bits per heavy atom. The summed E-state index contributed by atoms with van der Waals surface area (Å²) in [5, 5.41) is 9.99. The highest BCUT2D eigenvalue weighted by Crippen LogP contribution is 2.07. The first-order chi connectivity index (χ1) is 9.75. The molecule has 0 aliphatic carbocycles. The third-order valence-corrected chi connectivity index (χ3v) is 4.00. The average molecular weight is 289 g/mol. The van der Waals surface area contributed by atoms with Gasteiger partial charge in [-0.15, -0.1) is 11.3 Å². The molecule has 0 saturated heterocycles. The van der Waals surface area contributed by atoms with Crippen LogP contribution < -0.4 is 10.9 Å². The molecule has 3 heterocycles. The van der Waals surface area contributed by atoms with Gasteiger partial charge in [0.25, 0.3) is 5.56 Å². The number of rotatable bonds is 5. The van der Waals surface area contributed by atoms with E-state index in [1.807, 2.05) is 6.07 Å². The van der Waals surface area contributed by atoms with Crippen molar-refractivity contribution in [1.82, 2.24) is 24.6 Å². The van der Waals surface area contributed by atoms with Crippen molar-refractivity contribution in [2.45, 2.75) is 13.1 Å². The zero-order valence-corrected chi connectivity index (χ0v) is 11.9. The molecule has 0 amide bonds. The van der Waals surface area contributed by atoms with Gasteiger partial charge in [-0.25, -0.2) is 4.98 Å². The Labute approximate surface area is 119 Å². The Morgan fingerprint density at radius 2 is 2.35 bits per heavy atom. The Morgan fingerprint density at radius 1 is 1.45 bits per heavy atom. The molecule has 0 fully saturated rings. The first kappa shape index (κ1) is 13.0. The number of fused-ring (bicyclic) bond motifs is 1. The van der Waals surface area contributed by atoms with Crippen LogP contribution in [0.15, 0.2) is 34.8 Å². The van der Waals surface area contributed by atoms with Gasteiger partial charge in [0.2, 0.25) is 0 Å². The topological polar surface area (TPSA) is 64.7 Å². The number of aryl methyl sites for hydroxylation is 1. The van der Waals surface area contributed by atoms with Gasteiger partial charge in [0.1, 0.15) is 11.7 Å². The van der Waals surface area contributed by atoms with E-state index in [1.165, 1.54) is 4.88 Å². The monoisotopic (exact) mass is 289 g/mol. The van der Waals surface area contributed by atoms with Gasteiger partial charge >= 0.3 is 0 Å². The van der Waals surface area contributed by atoms with Crippen LogP contribution in [0.1, 0.15) is 4.88 Å². The molecule has 0 aliphatic rings. The van der Waals surface area contributed by atoms with Gasteiger partial charge in [-0.2, -0.15) is 5.10 Å². The Hall–Kier alpha value is -1.99. The molecular weight excluding hydrogens is 274 g/mol. The smallest absolute Gasteiger partial charge is 0.264 e. The maximum atomic E-state index is 12.2. The van der Waals surface area contributed by atoms with Crippen molar-refractivity contribution in [3.8, 4) is 0 Å². The van der Waals surface area contributed by atoms with Crippen LogP contribution in [0.3, 0.4) is 0 Å². The van der Waals surface area contributed by atoms with Gasteiger partial charge in [0.05, 0.1) is 6.20 Å². The lowest BCUT2D eigenvalue weighted by molar-refractivity contribution is 0.584. The number of hydrogen-bond donors (Lipinski definition) is 1. The van der Waals surface area contributed by atoms with Crippen LogP contribution in [0.5, 0.6) is 0 Å². The molecule has 0 radical (unpaired) electrons. The predicted octanol–water partition coefficient (Wildman–Crippen LogP) is 0.981. The lowest BCUT2D eigenvalue weighted by Gasteiger charge is -2.06. The van der Waals surface area contributed by atoms with Crippen LogP contribution in [-0.4, -0.2) is 25.9 Å². The molecular formula is C13H15N5OS. The molecule has 0 unspecified atom stereocenters. The predicted molar refractivity (Wildman–Crippen MR) is 78.8 cm³/mol. The van der Waals surface area contributed by atoms with Crippen LogP contribution in [0.2, 0.25) is 0 Å². The Bertz CT molecular complexity index is 759. The van der Waals surface area contributed by atoms with Crippen LogP contribution in [0.25, 0.3) is 11.0 Å². The molecule has 0 atom stereocenters. The first-order valence-corrected chi connectivity index (χ1v) is 7.24. The standard InChI is InChI=1S/C13H15N5OS/c1-17-12-11(8-16-17)13(19)18(9-15-12)5-4-14-7-10-3-2-6-20-10/h2-3,6,8-9,14H,4-5,7H2,1H3. The van der Waals surface area contributed by atoms with E-state index in [1.54, 1.807) is 40.2 Å². The van der Waals surface area contributed by atoms with Gasteiger partial charge in [-0.05, 0) is 11.4 Å². The van der Waals surface area contributed by atoms with Gasteiger partial charge in [-0.1, -0.05) is 6.07 Å². The summed E-state index contributed by atoms with van der Waals surface area (Å²) in [6.45, 7) is 2.16. The molecule has 3 aromatic rings. The lowest BCUT2D eigenvalue weighted by Crippen LogP contribution is -2.27. The van der Waals surface area contributed by atoms with Crippen molar-refractivity contribution in [3.05, 3.63) is 45.3 Å². The van der Waals surface area contributed by atoms with Crippen molar-refractivity contribution in [2.75, 3.05) is 6.54 Å². The van der Waals surface area contributed by atoms with E-state index in [9.17, 15) is 4.79 Å². The van der Waals surface area contributed by atoms with Gasteiger partial charge < -0.3 is 5.32 Å². The van der Waals surface area contributed by atoms with Crippen molar-refractivity contribution >= 4 is 22.4 Å². The normalized spacial score (nSPS) is 11.2. The zero-order chi connectivity index (χ0) is 13.9. The van der Waals surface area contributed by atoms with Crippen LogP contribution in [-0.2, 0) is 20.1 Å². The second kappa shape index (κ2) is 5.56. The summed E-state index contributed by atoms with van der Waals surface area (Å²) >= 11 is 1.72. The van der Waals surface area contributed by atoms with Crippen molar-refractivity contribution in [1.29, 1.82) is 0 Å². The van der Waals surface area contributed by atoms with Gasteiger partial charge in [0, 0.05) is 31.6 Å². The molecule has 0 aromatic carbocycles. The van der Waals surface area contributed by atoms with E-state index < -0.39 is 0 Å². The van der Waals surface area contributed by atoms with E-state index in [-0.39, 0.29) is 5.56 Å². The fourth-order valence-corrected chi connectivity index (χ4v) is 2.72. The number of thiophene rings is 1. The highest BCUT2D eigenvalue weighted by Gasteiger charge is 2.07. The molecule has 6 nitrogen and oxygen atoms in total. The second-order valence-electron chi connectivity index (χ2n) is 4.50. The molecule has 20 heavy (non-hydrogen) atoms. The largest absolute Gasteiger partial charge is 0.310 e. The van der Waals surface area contributed by atoms with E-state index >= 15 is 0 Å². The highest BCUT2D eigenvalue weighted by molar-refractivity contribution is 7.09. The molecule has 0 bridgehead atoms. The lowest BCUT2D eigenvalue weighted by atomic mass is 10.4. The Balaban J connectivity index is 1.65. The second-order valence-corrected chi connectivity index (χ2v) is 5.54. The fraction of sp³-hybridized carbons (Fsp3) is 0.308. The number of nitrogens with zero attached hydrogens (tertiary/aromatic N) is 4. The minimum absolute atomic E-state index is 0.0407. The van der Waals surface area contributed by atoms with E-state index in [0.717, 1.165) is 13.1 Å².